The summed E-state index contributed by atoms with van der Waals surface area (Å²) in [5.41, 5.74) is 2.44. The number of benzene rings is 1. The van der Waals surface area contributed by atoms with E-state index in [1.165, 1.54) is 5.56 Å². The van der Waals surface area contributed by atoms with Gasteiger partial charge in [0.15, 0.2) is 0 Å². The van der Waals surface area contributed by atoms with E-state index in [0.29, 0.717) is 6.04 Å². The molecule has 1 aromatic rings. The molecule has 2 rings (SSSR count). The number of aliphatic imine (C=N–C) groups is 1. The predicted molar refractivity (Wildman–Crippen MR) is 64.1 cm³/mol. The van der Waals surface area contributed by atoms with Crippen LogP contribution < -0.4 is 5.32 Å². The van der Waals surface area contributed by atoms with Gasteiger partial charge in [-0.2, -0.15) is 0 Å². The van der Waals surface area contributed by atoms with E-state index in [9.17, 15) is 0 Å². The summed E-state index contributed by atoms with van der Waals surface area (Å²) in [5, 5.41) is 3.45. The monoisotopic (exact) mass is 200 g/mol. The maximum atomic E-state index is 4.25. The van der Waals surface area contributed by atoms with Gasteiger partial charge in [0.1, 0.15) is 0 Å². The van der Waals surface area contributed by atoms with Crippen molar-refractivity contribution in [2.45, 2.75) is 19.4 Å². The molecule has 1 atom stereocenters. The van der Waals surface area contributed by atoms with Gasteiger partial charge in [0.2, 0.25) is 0 Å². The molecule has 1 N–H and O–H groups in total. The third kappa shape index (κ3) is 2.69. The van der Waals surface area contributed by atoms with Crippen molar-refractivity contribution in [2.24, 2.45) is 4.99 Å². The molecule has 0 aromatic heterocycles. The quantitative estimate of drug-likeness (QED) is 0.797. The molecule has 0 radical (unpaired) electrons. The average molecular weight is 200 g/mol. The number of nitrogens with zero attached hydrogens (tertiary/aromatic N) is 1. The highest BCUT2D eigenvalue weighted by Gasteiger charge is 2.05. The van der Waals surface area contributed by atoms with Crippen molar-refractivity contribution < 1.29 is 0 Å². The van der Waals surface area contributed by atoms with Gasteiger partial charge in [0.25, 0.3) is 0 Å². The van der Waals surface area contributed by atoms with Crippen LogP contribution in [0.15, 0.2) is 47.1 Å². The summed E-state index contributed by atoms with van der Waals surface area (Å²) in [6.07, 6.45) is 5.16. The van der Waals surface area contributed by atoms with Gasteiger partial charge >= 0.3 is 0 Å². The Bertz CT molecular complexity index is 365. The number of rotatable bonds is 3. The minimum atomic E-state index is 0.335. The Morgan fingerprint density at radius 3 is 2.73 bits per heavy atom. The van der Waals surface area contributed by atoms with E-state index in [1.807, 2.05) is 12.3 Å². The van der Waals surface area contributed by atoms with Crippen molar-refractivity contribution in [3.05, 3.63) is 47.7 Å². The van der Waals surface area contributed by atoms with Crippen molar-refractivity contribution in [3.8, 4) is 0 Å². The zero-order valence-corrected chi connectivity index (χ0v) is 8.98. The lowest BCUT2D eigenvalue weighted by atomic mass is 10.1. The lowest BCUT2D eigenvalue weighted by Gasteiger charge is -2.17. The van der Waals surface area contributed by atoms with E-state index in [1.54, 1.807) is 0 Å². The molecule has 78 valence electrons. The smallest absolute Gasteiger partial charge is 0.0486 e. The van der Waals surface area contributed by atoms with Crippen LogP contribution in [0.3, 0.4) is 0 Å². The molecule has 1 unspecified atom stereocenters. The van der Waals surface area contributed by atoms with E-state index in [4.69, 9.17) is 0 Å². The zero-order chi connectivity index (χ0) is 10.5. The summed E-state index contributed by atoms with van der Waals surface area (Å²) in [5.74, 6) is 0. The molecule has 0 saturated carbocycles. The third-order valence-corrected chi connectivity index (χ3v) is 2.54. The third-order valence-electron chi connectivity index (χ3n) is 2.54. The largest absolute Gasteiger partial charge is 0.378 e. The summed E-state index contributed by atoms with van der Waals surface area (Å²) in [6, 6.07) is 10.8. The van der Waals surface area contributed by atoms with Crippen LogP contribution >= 0.6 is 0 Å². The molecule has 0 spiro atoms. The van der Waals surface area contributed by atoms with E-state index in [-0.39, 0.29) is 0 Å². The molecular formula is C13H16N2. The zero-order valence-electron chi connectivity index (χ0n) is 8.98. The second-order valence-electron chi connectivity index (χ2n) is 3.76. The van der Waals surface area contributed by atoms with Crippen LogP contribution in [0.2, 0.25) is 0 Å². The number of nitrogens with one attached hydrogen (secondary N) is 1. The fourth-order valence-electron chi connectivity index (χ4n) is 1.68. The molecule has 1 aliphatic rings. The molecule has 1 aromatic carbocycles. The second-order valence-corrected chi connectivity index (χ2v) is 3.76. The highest BCUT2D eigenvalue weighted by Crippen LogP contribution is 2.13. The van der Waals surface area contributed by atoms with Crippen molar-refractivity contribution >= 4 is 6.21 Å². The second kappa shape index (κ2) is 4.78. The molecule has 0 saturated heterocycles. The number of dihydropyridines is 1. The molecule has 0 amide bonds. The van der Waals surface area contributed by atoms with Crippen LogP contribution in [0, 0.1) is 0 Å². The minimum absolute atomic E-state index is 0.335. The molecule has 2 heteroatoms. The summed E-state index contributed by atoms with van der Waals surface area (Å²) in [6.45, 7) is 3.09. The van der Waals surface area contributed by atoms with Gasteiger partial charge in [-0.15, -0.1) is 0 Å². The van der Waals surface area contributed by atoms with Crippen molar-refractivity contribution in [2.75, 3.05) is 6.54 Å². The normalized spacial score (nSPS) is 17.0. The Labute approximate surface area is 90.7 Å². The van der Waals surface area contributed by atoms with E-state index in [0.717, 1.165) is 18.7 Å². The average Bonchev–Trinajstić information content (AvgIpc) is 2.31. The van der Waals surface area contributed by atoms with Gasteiger partial charge in [-0.1, -0.05) is 36.4 Å². The van der Waals surface area contributed by atoms with E-state index in [2.05, 4.69) is 47.6 Å². The molecule has 1 aliphatic heterocycles. The molecule has 0 bridgehead atoms. The van der Waals surface area contributed by atoms with Crippen LogP contribution in [-0.4, -0.2) is 12.8 Å². The number of hydrogen-bond donors (Lipinski definition) is 1. The van der Waals surface area contributed by atoms with Gasteiger partial charge in [0, 0.05) is 24.5 Å². The first-order chi connectivity index (χ1) is 7.36. The first-order valence-corrected chi connectivity index (χ1v) is 5.38. The highest BCUT2D eigenvalue weighted by atomic mass is 14.9. The summed E-state index contributed by atoms with van der Waals surface area (Å²) in [4.78, 5) is 4.25. The lowest BCUT2D eigenvalue weighted by Crippen LogP contribution is -2.20. The van der Waals surface area contributed by atoms with Crippen LogP contribution in [0.1, 0.15) is 24.9 Å². The van der Waals surface area contributed by atoms with E-state index < -0.39 is 0 Å². The van der Waals surface area contributed by atoms with Gasteiger partial charge in [-0.25, -0.2) is 0 Å². The first-order valence-electron chi connectivity index (χ1n) is 5.38. The molecule has 2 nitrogen and oxygen atoms in total. The Balaban J connectivity index is 2.01. The van der Waals surface area contributed by atoms with Gasteiger partial charge in [0.05, 0.1) is 0 Å². The number of hydrogen-bond acceptors (Lipinski definition) is 2. The van der Waals surface area contributed by atoms with Crippen molar-refractivity contribution in [1.82, 2.24) is 5.32 Å². The predicted octanol–water partition coefficient (Wildman–Crippen LogP) is 2.70. The Morgan fingerprint density at radius 1 is 1.27 bits per heavy atom. The SMILES string of the molecule is CC(NC1=CCCN=C1)c1ccccc1. The summed E-state index contributed by atoms with van der Waals surface area (Å²) in [7, 11) is 0. The molecule has 1 heterocycles. The van der Waals surface area contributed by atoms with Gasteiger partial charge in [-0.3, -0.25) is 4.99 Å². The topological polar surface area (TPSA) is 24.4 Å². The van der Waals surface area contributed by atoms with Crippen LogP contribution in [0.5, 0.6) is 0 Å². The molecule has 0 fully saturated rings. The summed E-state index contributed by atoms with van der Waals surface area (Å²) >= 11 is 0. The van der Waals surface area contributed by atoms with Crippen molar-refractivity contribution in [3.63, 3.8) is 0 Å². The van der Waals surface area contributed by atoms with E-state index >= 15 is 0 Å². The molecule has 15 heavy (non-hydrogen) atoms. The molecule has 0 aliphatic carbocycles. The maximum absolute atomic E-state index is 4.25. The Hall–Kier alpha value is -1.57. The highest BCUT2D eigenvalue weighted by molar-refractivity contribution is 5.78. The Morgan fingerprint density at radius 2 is 2.07 bits per heavy atom. The fourth-order valence-corrected chi connectivity index (χ4v) is 1.68. The van der Waals surface area contributed by atoms with Crippen molar-refractivity contribution in [1.29, 1.82) is 0 Å². The van der Waals surface area contributed by atoms with Gasteiger partial charge < -0.3 is 5.32 Å². The fraction of sp³-hybridized carbons (Fsp3) is 0.308. The summed E-state index contributed by atoms with van der Waals surface area (Å²) < 4.78 is 0. The first kappa shape index (κ1) is 9.97. The van der Waals surface area contributed by atoms with Crippen LogP contribution in [-0.2, 0) is 0 Å². The van der Waals surface area contributed by atoms with Crippen LogP contribution in [0.4, 0.5) is 0 Å². The van der Waals surface area contributed by atoms with Gasteiger partial charge in [-0.05, 0) is 18.9 Å². The molecular weight excluding hydrogens is 184 g/mol. The van der Waals surface area contributed by atoms with Crippen LogP contribution in [0.25, 0.3) is 0 Å². The minimum Gasteiger partial charge on any atom is -0.378 e. The maximum Gasteiger partial charge on any atom is 0.0486 e. The number of allylic oxidation sites excluding steroid dienone is 1. The lowest BCUT2D eigenvalue weighted by molar-refractivity contribution is 0.667. The Kier molecular flexibility index (Phi) is 3.18. The standard InChI is InChI=1S/C13H16N2/c1-11(12-6-3-2-4-7-12)15-13-8-5-9-14-10-13/h2-4,6-8,10-11,15H,5,9H2,1H3.